The fourth-order valence-electron chi connectivity index (χ4n) is 1.58. The molecule has 0 atom stereocenters. The van der Waals surface area contributed by atoms with Crippen molar-refractivity contribution in [3.05, 3.63) is 35.5 Å². The summed E-state index contributed by atoms with van der Waals surface area (Å²) in [4.78, 5) is 3.27. The lowest BCUT2D eigenvalue weighted by Crippen LogP contribution is -1.76. The Morgan fingerprint density at radius 2 is 1.69 bits per heavy atom. The van der Waals surface area contributed by atoms with Crippen molar-refractivity contribution in [1.82, 2.24) is 4.98 Å². The number of aromatic nitrogens is 1. The van der Waals surface area contributed by atoms with Crippen LogP contribution in [0.2, 0.25) is 0 Å². The molecule has 2 aromatic rings. The van der Waals surface area contributed by atoms with Crippen LogP contribution in [0.4, 0.5) is 0 Å². The summed E-state index contributed by atoms with van der Waals surface area (Å²) in [5, 5.41) is 1.37. The van der Waals surface area contributed by atoms with Gasteiger partial charge in [0, 0.05) is 17.1 Å². The molecule has 0 saturated carbocycles. The average molecular weight is 219 g/mol. The molecule has 0 fully saturated rings. The molecular weight excluding hydrogens is 194 g/mol. The normalized spacial score (nSPS) is 8.88. The number of hydrogen-bond acceptors (Lipinski definition) is 0. The van der Waals surface area contributed by atoms with E-state index in [2.05, 4.69) is 43.2 Å². The van der Waals surface area contributed by atoms with E-state index in [1.807, 2.05) is 27.7 Å². The van der Waals surface area contributed by atoms with Crippen molar-refractivity contribution in [3.63, 3.8) is 0 Å². The Morgan fingerprint density at radius 3 is 2.25 bits per heavy atom. The van der Waals surface area contributed by atoms with E-state index < -0.39 is 0 Å². The molecule has 0 aliphatic heterocycles. The third-order valence-electron chi connectivity index (χ3n) is 2.30. The third kappa shape index (κ3) is 3.41. The first-order valence-corrected chi connectivity index (χ1v) is 6.38. The van der Waals surface area contributed by atoms with Crippen LogP contribution in [-0.2, 0) is 6.42 Å². The summed E-state index contributed by atoms with van der Waals surface area (Å²) < 4.78 is 0. The largest absolute Gasteiger partial charge is 0.361 e. The van der Waals surface area contributed by atoms with Gasteiger partial charge in [-0.25, -0.2) is 0 Å². The molecule has 0 unspecified atom stereocenters. The van der Waals surface area contributed by atoms with Gasteiger partial charge in [-0.15, -0.1) is 0 Å². The highest BCUT2D eigenvalue weighted by Crippen LogP contribution is 2.19. The SMILES string of the molecule is CC.CC.CCc1c[nH]c2ccc(C)cc12. The Morgan fingerprint density at radius 1 is 1.06 bits per heavy atom. The number of rotatable bonds is 1. The Bertz CT molecular complexity index is 399. The van der Waals surface area contributed by atoms with E-state index >= 15 is 0 Å². The molecule has 1 heterocycles. The molecule has 1 N–H and O–H groups in total. The maximum absolute atomic E-state index is 3.27. The average Bonchev–Trinajstić information content (AvgIpc) is 2.76. The first kappa shape index (κ1) is 14.8. The summed E-state index contributed by atoms with van der Waals surface area (Å²) in [7, 11) is 0. The second-order valence-corrected chi connectivity index (χ2v) is 3.22. The predicted molar refractivity (Wildman–Crippen MR) is 75.1 cm³/mol. The zero-order valence-electron chi connectivity index (χ0n) is 11.5. The minimum absolute atomic E-state index is 1.10. The zero-order chi connectivity index (χ0) is 12.6. The Balaban J connectivity index is 0.000000509. The molecule has 1 heteroatoms. The van der Waals surface area contributed by atoms with E-state index in [0.29, 0.717) is 0 Å². The van der Waals surface area contributed by atoms with Gasteiger partial charge in [0.2, 0.25) is 0 Å². The summed E-state index contributed by atoms with van der Waals surface area (Å²) in [5.41, 5.74) is 3.99. The number of hydrogen-bond donors (Lipinski definition) is 1. The first-order chi connectivity index (χ1) is 7.81. The summed E-state index contributed by atoms with van der Waals surface area (Å²) in [6, 6.07) is 6.52. The van der Waals surface area contributed by atoms with Crippen molar-refractivity contribution in [2.45, 2.75) is 48.0 Å². The molecule has 1 aromatic carbocycles. The Labute approximate surface area is 99.9 Å². The van der Waals surface area contributed by atoms with Crippen LogP contribution in [0.25, 0.3) is 10.9 Å². The summed E-state index contributed by atoms with van der Waals surface area (Å²) >= 11 is 0. The van der Waals surface area contributed by atoms with E-state index in [9.17, 15) is 0 Å². The second kappa shape index (κ2) is 7.98. The molecule has 90 valence electrons. The lowest BCUT2D eigenvalue weighted by Gasteiger charge is -1.95. The van der Waals surface area contributed by atoms with Crippen LogP contribution in [0.15, 0.2) is 24.4 Å². The van der Waals surface area contributed by atoms with Gasteiger partial charge in [0.25, 0.3) is 0 Å². The monoisotopic (exact) mass is 219 g/mol. The number of nitrogens with one attached hydrogen (secondary N) is 1. The van der Waals surface area contributed by atoms with Gasteiger partial charge >= 0.3 is 0 Å². The number of fused-ring (bicyclic) bond motifs is 1. The van der Waals surface area contributed by atoms with Crippen LogP contribution >= 0.6 is 0 Å². The predicted octanol–water partition coefficient (Wildman–Crippen LogP) is 5.09. The molecule has 0 bridgehead atoms. The molecule has 0 aliphatic rings. The maximum atomic E-state index is 3.27. The summed E-state index contributed by atoms with van der Waals surface area (Å²) in [6.07, 6.45) is 3.20. The van der Waals surface area contributed by atoms with E-state index in [1.54, 1.807) is 0 Å². The Hall–Kier alpha value is -1.24. The van der Waals surface area contributed by atoms with Gasteiger partial charge in [-0.2, -0.15) is 0 Å². The zero-order valence-corrected chi connectivity index (χ0v) is 11.5. The smallest absolute Gasteiger partial charge is 0.0456 e. The van der Waals surface area contributed by atoms with Gasteiger partial charge in [-0.3, -0.25) is 0 Å². The van der Waals surface area contributed by atoms with Crippen molar-refractivity contribution in [3.8, 4) is 0 Å². The number of aryl methyl sites for hydroxylation is 2. The van der Waals surface area contributed by atoms with E-state index in [4.69, 9.17) is 0 Å². The second-order valence-electron chi connectivity index (χ2n) is 3.22. The van der Waals surface area contributed by atoms with Crippen molar-refractivity contribution >= 4 is 10.9 Å². The summed E-state index contributed by atoms with van der Waals surface area (Å²) in [6.45, 7) is 12.3. The number of benzene rings is 1. The Kier molecular flexibility index (Phi) is 7.36. The molecule has 16 heavy (non-hydrogen) atoms. The first-order valence-electron chi connectivity index (χ1n) is 6.38. The molecule has 0 radical (unpaired) electrons. The molecular formula is C15H25N. The highest BCUT2D eigenvalue weighted by molar-refractivity contribution is 5.83. The van der Waals surface area contributed by atoms with Crippen molar-refractivity contribution in [1.29, 1.82) is 0 Å². The van der Waals surface area contributed by atoms with Crippen LogP contribution in [0, 0.1) is 6.92 Å². The van der Waals surface area contributed by atoms with E-state index in [0.717, 1.165) is 6.42 Å². The molecule has 0 spiro atoms. The highest BCUT2D eigenvalue weighted by atomic mass is 14.7. The van der Waals surface area contributed by atoms with Crippen LogP contribution in [0.1, 0.15) is 45.7 Å². The van der Waals surface area contributed by atoms with Gasteiger partial charge < -0.3 is 4.98 Å². The molecule has 0 saturated heterocycles. The fourth-order valence-corrected chi connectivity index (χ4v) is 1.58. The lowest BCUT2D eigenvalue weighted by atomic mass is 10.1. The van der Waals surface area contributed by atoms with Gasteiger partial charge in [0.05, 0.1) is 0 Å². The topological polar surface area (TPSA) is 15.8 Å². The molecule has 1 nitrogen and oxygen atoms in total. The minimum Gasteiger partial charge on any atom is -0.361 e. The quantitative estimate of drug-likeness (QED) is 0.687. The van der Waals surface area contributed by atoms with Crippen molar-refractivity contribution in [2.75, 3.05) is 0 Å². The molecule has 0 amide bonds. The van der Waals surface area contributed by atoms with E-state index in [-0.39, 0.29) is 0 Å². The lowest BCUT2D eigenvalue weighted by molar-refractivity contribution is 1.15. The molecule has 1 aromatic heterocycles. The van der Waals surface area contributed by atoms with Crippen LogP contribution in [0.3, 0.4) is 0 Å². The van der Waals surface area contributed by atoms with Crippen LogP contribution in [-0.4, -0.2) is 4.98 Å². The minimum atomic E-state index is 1.10. The van der Waals surface area contributed by atoms with Crippen LogP contribution in [0.5, 0.6) is 0 Å². The van der Waals surface area contributed by atoms with Crippen molar-refractivity contribution < 1.29 is 0 Å². The van der Waals surface area contributed by atoms with Crippen LogP contribution < -0.4 is 0 Å². The standard InChI is InChI=1S/C11H13N.2C2H6/c1-3-9-7-12-11-5-4-8(2)6-10(9)11;2*1-2/h4-7,12H,3H2,1-2H3;2*1-2H3. The third-order valence-corrected chi connectivity index (χ3v) is 2.30. The van der Waals surface area contributed by atoms with Gasteiger partial charge in [-0.1, -0.05) is 46.2 Å². The number of H-pyrrole nitrogens is 1. The maximum Gasteiger partial charge on any atom is 0.0456 e. The van der Waals surface area contributed by atoms with Gasteiger partial charge in [0.15, 0.2) is 0 Å². The molecule has 0 aliphatic carbocycles. The van der Waals surface area contributed by atoms with Gasteiger partial charge in [0.1, 0.15) is 0 Å². The van der Waals surface area contributed by atoms with Crippen molar-refractivity contribution in [2.24, 2.45) is 0 Å². The fraction of sp³-hybridized carbons (Fsp3) is 0.467. The van der Waals surface area contributed by atoms with E-state index in [1.165, 1.54) is 22.0 Å². The number of aromatic amines is 1. The van der Waals surface area contributed by atoms with Gasteiger partial charge in [-0.05, 0) is 31.0 Å². The highest BCUT2D eigenvalue weighted by Gasteiger charge is 2.00. The molecule has 2 rings (SSSR count). The summed E-state index contributed by atoms with van der Waals surface area (Å²) in [5.74, 6) is 0.